The minimum Gasteiger partial charge on any atom is -0.335 e. The third kappa shape index (κ3) is 3.93. The van der Waals surface area contributed by atoms with Gasteiger partial charge in [-0.1, -0.05) is 51.8 Å². The fourth-order valence-corrected chi connectivity index (χ4v) is 3.45. The third-order valence-electron chi connectivity index (χ3n) is 4.75. The van der Waals surface area contributed by atoms with Crippen molar-refractivity contribution in [2.24, 2.45) is 0 Å². The van der Waals surface area contributed by atoms with Gasteiger partial charge in [0.05, 0.1) is 0 Å². The summed E-state index contributed by atoms with van der Waals surface area (Å²) in [6.07, 6.45) is 2.21. The Balaban J connectivity index is 1.56. The lowest BCUT2D eigenvalue weighted by atomic mass is 9.89. The first-order valence-corrected chi connectivity index (χ1v) is 9.21. The minimum atomic E-state index is -0.138. The summed E-state index contributed by atoms with van der Waals surface area (Å²) in [6.45, 7) is 2.57. The molecule has 2 aromatic rings. The molecule has 1 aliphatic carbocycles. The molecule has 1 unspecified atom stereocenters. The fraction of sp³-hybridized carbons (Fsp3) is 0.316. The van der Waals surface area contributed by atoms with E-state index in [1.165, 1.54) is 5.56 Å². The van der Waals surface area contributed by atoms with Crippen LogP contribution >= 0.6 is 27.5 Å². The number of amides is 2. The van der Waals surface area contributed by atoms with Crippen molar-refractivity contribution in [3.8, 4) is 0 Å². The van der Waals surface area contributed by atoms with Crippen LogP contribution in [-0.4, -0.2) is 12.1 Å². The van der Waals surface area contributed by atoms with E-state index in [-0.39, 0.29) is 17.5 Å². The van der Waals surface area contributed by atoms with Gasteiger partial charge < -0.3 is 10.6 Å². The summed E-state index contributed by atoms with van der Waals surface area (Å²) < 4.78 is 1.07. The highest BCUT2D eigenvalue weighted by atomic mass is 79.9. The van der Waals surface area contributed by atoms with Gasteiger partial charge in [0, 0.05) is 27.5 Å². The molecule has 1 fully saturated rings. The van der Waals surface area contributed by atoms with Crippen molar-refractivity contribution in [3.05, 3.63) is 69.2 Å². The highest BCUT2D eigenvalue weighted by molar-refractivity contribution is 9.10. The molecule has 5 heteroatoms. The Morgan fingerprint density at radius 1 is 1.17 bits per heavy atom. The van der Waals surface area contributed by atoms with Crippen molar-refractivity contribution in [2.75, 3.05) is 0 Å². The smallest absolute Gasteiger partial charge is 0.315 e. The molecule has 3 nitrogen and oxygen atoms in total. The lowest BCUT2D eigenvalue weighted by molar-refractivity contribution is 0.234. The summed E-state index contributed by atoms with van der Waals surface area (Å²) in [5, 5.41) is 6.69. The second-order valence-corrected chi connectivity index (χ2v) is 7.69. The zero-order valence-electron chi connectivity index (χ0n) is 13.5. The molecule has 3 rings (SSSR count). The summed E-state index contributed by atoms with van der Waals surface area (Å²) in [5.74, 6) is 0. The van der Waals surface area contributed by atoms with Crippen molar-refractivity contribution < 1.29 is 4.79 Å². The first-order chi connectivity index (χ1) is 11.5. The Bertz CT molecular complexity index is 711. The van der Waals surface area contributed by atoms with E-state index in [9.17, 15) is 4.79 Å². The summed E-state index contributed by atoms with van der Waals surface area (Å²) in [5.41, 5.74) is 2.38. The molecule has 2 amide bonds. The molecule has 0 saturated heterocycles. The second-order valence-electron chi connectivity index (χ2n) is 6.34. The van der Waals surface area contributed by atoms with Crippen molar-refractivity contribution in [1.82, 2.24) is 10.6 Å². The quantitative estimate of drug-likeness (QED) is 0.717. The van der Waals surface area contributed by atoms with E-state index in [0.717, 1.165) is 22.9 Å². The van der Waals surface area contributed by atoms with Crippen molar-refractivity contribution in [1.29, 1.82) is 0 Å². The Hall–Kier alpha value is -1.52. The van der Waals surface area contributed by atoms with E-state index in [0.29, 0.717) is 11.6 Å². The van der Waals surface area contributed by atoms with E-state index in [2.05, 4.69) is 57.8 Å². The number of hydrogen-bond acceptors (Lipinski definition) is 1. The molecule has 1 atom stereocenters. The maximum absolute atomic E-state index is 12.2. The van der Waals surface area contributed by atoms with E-state index in [1.807, 2.05) is 24.3 Å². The summed E-state index contributed by atoms with van der Waals surface area (Å²) in [6, 6.07) is 15.8. The molecule has 1 aliphatic rings. The van der Waals surface area contributed by atoms with E-state index in [1.54, 1.807) is 0 Å². The Morgan fingerprint density at radius 2 is 1.79 bits per heavy atom. The standard InChI is InChI=1S/C19H20BrClN2O/c1-13(19(10-11-19)15-4-6-16(20)7-5-15)23-18(24)22-12-14-2-8-17(21)9-3-14/h2-9,13H,10-12H2,1H3,(H2,22,23,24). The number of halogens is 2. The second kappa shape index (κ2) is 7.16. The summed E-state index contributed by atoms with van der Waals surface area (Å²) in [4.78, 5) is 12.2. The zero-order valence-corrected chi connectivity index (χ0v) is 15.8. The molecule has 0 aromatic heterocycles. The molecule has 0 aliphatic heterocycles. The predicted molar refractivity (Wildman–Crippen MR) is 101 cm³/mol. The average Bonchev–Trinajstić information content (AvgIpc) is 3.37. The maximum atomic E-state index is 12.2. The van der Waals surface area contributed by atoms with Crippen LogP contribution in [-0.2, 0) is 12.0 Å². The van der Waals surface area contributed by atoms with E-state index in [4.69, 9.17) is 11.6 Å². The molecule has 0 heterocycles. The molecular formula is C19H20BrClN2O. The number of carbonyl (C=O) groups is 1. The normalized spacial score (nSPS) is 16.3. The van der Waals surface area contributed by atoms with Gasteiger partial charge in [0.25, 0.3) is 0 Å². The van der Waals surface area contributed by atoms with E-state index < -0.39 is 0 Å². The van der Waals surface area contributed by atoms with Gasteiger partial charge in [-0.05, 0) is 55.2 Å². The fourth-order valence-electron chi connectivity index (χ4n) is 3.06. The van der Waals surface area contributed by atoms with Crippen LogP contribution in [0.4, 0.5) is 4.79 Å². The monoisotopic (exact) mass is 406 g/mol. The van der Waals surface area contributed by atoms with Gasteiger partial charge in [0.2, 0.25) is 0 Å². The lowest BCUT2D eigenvalue weighted by Crippen LogP contribution is -2.46. The van der Waals surface area contributed by atoms with Gasteiger partial charge in [-0.15, -0.1) is 0 Å². The van der Waals surface area contributed by atoms with E-state index >= 15 is 0 Å². The van der Waals surface area contributed by atoms with Crippen LogP contribution in [0.15, 0.2) is 53.0 Å². The average molecular weight is 408 g/mol. The number of nitrogens with one attached hydrogen (secondary N) is 2. The van der Waals surface area contributed by atoms with Gasteiger partial charge >= 0.3 is 6.03 Å². The summed E-state index contributed by atoms with van der Waals surface area (Å²) >= 11 is 9.33. The number of rotatable bonds is 5. The van der Waals surface area contributed by atoms with Crippen molar-refractivity contribution in [2.45, 2.75) is 37.8 Å². The predicted octanol–water partition coefficient (Wildman–Crippen LogP) is 5.02. The number of hydrogen-bond donors (Lipinski definition) is 2. The molecule has 0 spiro atoms. The van der Waals surface area contributed by atoms with Crippen LogP contribution in [0.5, 0.6) is 0 Å². The third-order valence-corrected chi connectivity index (χ3v) is 5.53. The minimum absolute atomic E-state index is 0.0678. The molecule has 24 heavy (non-hydrogen) atoms. The SMILES string of the molecule is CC(NC(=O)NCc1ccc(Cl)cc1)C1(c2ccc(Br)cc2)CC1. The van der Waals surface area contributed by atoms with Gasteiger partial charge in [-0.2, -0.15) is 0 Å². The van der Waals surface area contributed by atoms with Crippen LogP contribution in [0.3, 0.4) is 0 Å². The lowest BCUT2D eigenvalue weighted by Gasteiger charge is -2.25. The number of urea groups is 1. The van der Waals surface area contributed by atoms with Crippen LogP contribution < -0.4 is 10.6 Å². The molecule has 2 aromatic carbocycles. The maximum Gasteiger partial charge on any atom is 0.315 e. The molecule has 0 radical (unpaired) electrons. The topological polar surface area (TPSA) is 41.1 Å². The number of benzene rings is 2. The molecular weight excluding hydrogens is 388 g/mol. The van der Waals surface area contributed by atoms with Gasteiger partial charge in [-0.25, -0.2) is 4.79 Å². The first-order valence-electron chi connectivity index (χ1n) is 8.04. The van der Waals surface area contributed by atoms with Crippen LogP contribution in [0, 0.1) is 0 Å². The first kappa shape index (κ1) is 17.3. The Labute approximate surface area is 155 Å². The van der Waals surface area contributed by atoms with Crippen LogP contribution in [0.25, 0.3) is 0 Å². The molecule has 126 valence electrons. The number of carbonyl (C=O) groups excluding carboxylic acids is 1. The highest BCUT2D eigenvalue weighted by Gasteiger charge is 2.49. The Morgan fingerprint density at radius 3 is 2.38 bits per heavy atom. The zero-order chi connectivity index (χ0) is 17.2. The van der Waals surface area contributed by atoms with Crippen molar-refractivity contribution in [3.63, 3.8) is 0 Å². The molecule has 1 saturated carbocycles. The Kier molecular flexibility index (Phi) is 5.16. The van der Waals surface area contributed by atoms with Crippen LogP contribution in [0.2, 0.25) is 5.02 Å². The largest absolute Gasteiger partial charge is 0.335 e. The molecule has 2 N–H and O–H groups in total. The van der Waals surface area contributed by atoms with Crippen molar-refractivity contribution >= 4 is 33.6 Å². The highest BCUT2D eigenvalue weighted by Crippen LogP contribution is 2.51. The van der Waals surface area contributed by atoms with Gasteiger partial charge in [0.15, 0.2) is 0 Å². The summed E-state index contributed by atoms with van der Waals surface area (Å²) in [7, 11) is 0. The van der Waals surface area contributed by atoms with Crippen LogP contribution in [0.1, 0.15) is 30.9 Å². The van der Waals surface area contributed by atoms with Gasteiger partial charge in [0.1, 0.15) is 0 Å². The molecule has 0 bridgehead atoms. The van der Waals surface area contributed by atoms with Gasteiger partial charge in [-0.3, -0.25) is 0 Å².